The average molecular weight is 385 g/mol. The Labute approximate surface area is 162 Å². The molecule has 1 fully saturated rings. The number of carbonyl (C=O) groups is 1. The number of nitrogens with zero attached hydrogens (tertiary/aromatic N) is 4. The van der Waals surface area contributed by atoms with Crippen LogP contribution in [-0.4, -0.2) is 43.5 Å². The summed E-state index contributed by atoms with van der Waals surface area (Å²) in [6.07, 6.45) is 10.0. The molecule has 1 aliphatic rings. The second-order valence-corrected chi connectivity index (χ2v) is 7.82. The summed E-state index contributed by atoms with van der Waals surface area (Å²) in [6.45, 7) is 3.62. The number of rotatable bonds is 7. The number of hydrogen-bond donors (Lipinski definition) is 1. The Morgan fingerprint density at radius 2 is 2.30 bits per heavy atom. The van der Waals surface area contributed by atoms with Crippen LogP contribution >= 0.6 is 11.8 Å². The largest absolute Gasteiger partial charge is 0.376 e. The summed E-state index contributed by atoms with van der Waals surface area (Å²) in [7, 11) is 0. The summed E-state index contributed by atoms with van der Waals surface area (Å²) in [5.41, 5.74) is 3.82. The van der Waals surface area contributed by atoms with Crippen LogP contribution in [-0.2, 0) is 21.8 Å². The van der Waals surface area contributed by atoms with Gasteiger partial charge in [0.05, 0.1) is 36.0 Å². The third-order valence-electron chi connectivity index (χ3n) is 4.46. The van der Waals surface area contributed by atoms with E-state index in [0.29, 0.717) is 11.5 Å². The van der Waals surface area contributed by atoms with E-state index >= 15 is 0 Å². The van der Waals surface area contributed by atoms with Gasteiger partial charge in [0.2, 0.25) is 5.91 Å². The normalized spacial score (nSPS) is 16.9. The Morgan fingerprint density at radius 3 is 3.15 bits per heavy atom. The number of hydrogen-bond acceptors (Lipinski definition) is 5. The predicted octanol–water partition coefficient (Wildman–Crippen LogP) is 2.89. The molecule has 1 saturated heterocycles. The number of pyridine rings is 1. The summed E-state index contributed by atoms with van der Waals surface area (Å²) in [5, 5.41) is 7.19. The van der Waals surface area contributed by atoms with E-state index in [2.05, 4.69) is 28.5 Å². The van der Waals surface area contributed by atoms with Gasteiger partial charge in [-0.15, -0.1) is 11.8 Å². The number of anilines is 1. The lowest BCUT2D eigenvalue weighted by atomic mass is 10.2. The Morgan fingerprint density at radius 1 is 1.37 bits per heavy atom. The van der Waals surface area contributed by atoms with Crippen LogP contribution in [0, 0.1) is 6.92 Å². The van der Waals surface area contributed by atoms with Crippen LogP contribution in [0.15, 0.2) is 36.9 Å². The second-order valence-electron chi connectivity index (χ2n) is 6.83. The Kier molecular flexibility index (Phi) is 5.45. The highest BCUT2D eigenvalue weighted by Gasteiger charge is 2.16. The van der Waals surface area contributed by atoms with Crippen molar-refractivity contribution in [3.8, 4) is 0 Å². The molecule has 8 heteroatoms. The third-order valence-corrected chi connectivity index (χ3v) is 5.43. The monoisotopic (exact) mass is 385 g/mol. The van der Waals surface area contributed by atoms with Crippen LogP contribution in [0.3, 0.4) is 0 Å². The van der Waals surface area contributed by atoms with Crippen LogP contribution in [0.25, 0.3) is 5.65 Å². The molecule has 0 aromatic carbocycles. The van der Waals surface area contributed by atoms with Gasteiger partial charge in [0.1, 0.15) is 5.65 Å². The molecule has 1 unspecified atom stereocenters. The first-order valence-corrected chi connectivity index (χ1v) is 10.3. The van der Waals surface area contributed by atoms with Gasteiger partial charge < -0.3 is 14.5 Å². The van der Waals surface area contributed by atoms with Gasteiger partial charge >= 0.3 is 0 Å². The number of amides is 1. The molecule has 7 nitrogen and oxygen atoms in total. The number of ether oxygens (including phenoxy) is 1. The molecule has 3 aromatic rings. The van der Waals surface area contributed by atoms with E-state index in [4.69, 9.17) is 4.74 Å². The molecule has 0 saturated carbocycles. The summed E-state index contributed by atoms with van der Waals surface area (Å²) in [6, 6.07) is 4.05. The van der Waals surface area contributed by atoms with Crippen molar-refractivity contribution in [2.75, 3.05) is 17.7 Å². The highest BCUT2D eigenvalue weighted by molar-refractivity contribution is 7.99. The van der Waals surface area contributed by atoms with Gasteiger partial charge in [-0.1, -0.05) is 6.07 Å². The molecule has 1 aliphatic heterocycles. The number of fused-ring (bicyclic) bond motifs is 1. The van der Waals surface area contributed by atoms with Crippen molar-refractivity contribution in [2.45, 2.75) is 38.2 Å². The van der Waals surface area contributed by atoms with Crippen molar-refractivity contribution in [1.29, 1.82) is 0 Å². The minimum absolute atomic E-state index is 0.0312. The van der Waals surface area contributed by atoms with Crippen molar-refractivity contribution in [3.05, 3.63) is 48.2 Å². The number of thioether (sulfide) groups is 1. The fourth-order valence-electron chi connectivity index (χ4n) is 3.20. The molecular weight excluding hydrogens is 362 g/mol. The zero-order chi connectivity index (χ0) is 18.6. The van der Waals surface area contributed by atoms with E-state index in [-0.39, 0.29) is 12.0 Å². The second kappa shape index (κ2) is 8.14. The Hall–Kier alpha value is -2.32. The topological polar surface area (TPSA) is 73.5 Å². The van der Waals surface area contributed by atoms with Gasteiger partial charge in [0.25, 0.3) is 0 Å². The standard InChI is InChI=1S/C19H23N5O2S/c1-14-4-5-18-21-16(9-23(18)8-14)12-27-13-19(25)22-15-7-20-24(10-15)11-17-3-2-6-26-17/h4-5,7-10,17H,2-3,6,11-13H2,1H3,(H,22,25). The fourth-order valence-corrected chi connectivity index (χ4v) is 3.90. The highest BCUT2D eigenvalue weighted by Crippen LogP contribution is 2.16. The molecule has 1 N–H and O–H groups in total. The van der Waals surface area contributed by atoms with E-state index in [9.17, 15) is 4.79 Å². The SMILES string of the molecule is Cc1ccc2nc(CSCC(=O)Nc3cnn(CC4CCCO4)c3)cn2c1. The van der Waals surface area contributed by atoms with Gasteiger partial charge in [-0.3, -0.25) is 9.48 Å². The third kappa shape index (κ3) is 4.70. The van der Waals surface area contributed by atoms with E-state index in [1.54, 1.807) is 18.0 Å². The molecule has 4 rings (SSSR count). The van der Waals surface area contributed by atoms with Crippen LogP contribution in [0.2, 0.25) is 0 Å². The molecule has 142 valence electrons. The number of carbonyl (C=O) groups excluding carboxylic acids is 1. The quantitative estimate of drug-likeness (QED) is 0.677. The van der Waals surface area contributed by atoms with Gasteiger partial charge in [0, 0.05) is 31.0 Å². The van der Waals surface area contributed by atoms with Crippen molar-refractivity contribution in [2.24, 2.45) is 0 Å². The summed E-state index contributed by atoms with van der Waals surface area (Å²) in [4.78, 5) is 16.7. The number of nitrogens with one attached hydrogen (secondary N) is 1. The number of imidazole rings is 1. The van der Waals surface area contributed by atoms with E-state index in [1.807, 2.05) is 33.6 Å². The zero-order valence-electron chi connectivity index (χ0n) is 15.3. The summed E-state index contributed by atoms with van der Waals surface area (Å²) in [5.74, 6) is 1.05. The average Bonchev–Trinajstić information content (AvgIpc) is 3.36. The van der Waals surface area contributed by atoms with Crippen LogP contribution in [0.4, 0.5) is 5.69 Å². The van der Waals surface area contributed by atoms with Crippen molar-refractivity contribution < 1.29 is 9.53 Å². The maximum atomic E-state index is 12.2. The Balaban J connectivity index is 1.23. The molecule has 0 radical (unpaired) electrons. The van der Waals surface area contributed by atoms with E-state index < -0.39 is 0 Å². The molecule has 27 heavy (non-hydrogen) atoms. The van der Waals surface area contributed by atoms with Gasteiger partial charge in [-0.2, -0.15) is 5.10 Å². The van der Waals surface area contributed by atoms with Crippen molar-refractivity contribution >= 4 is 29.0 Å². The maximum absolute atomic E-state index is 12.2. The molecule has 0 aliphatic carbocycles. The van der Waals surface area contributed by atoms with Gasteiger partial charge in [-0.25, -0.2) is 4.98 Å². The molecule has 3 aromatic heterocycles. The first-order chi connectivity index (χ1) is 13.2. The first-order valence-electron chi connectivity index (χ1n) is 9.11. The molecular formula is C19H23N5O2S. The fraction of sp³-hybridized carbons (Fsp3) is 0.421. The smallest absolute Gasteiger partial charge is 0.234 e. The van der Waals surface area contributed by atoms with Crippen molar-refractivity contribution in [3.63, 3.8) is 0 Å². The summed E-state index contributed by atoms with van der Waals surface area (Å²) < 4.78 is 9.46. The molecule has 0 spiro atoms. The summed E-state index contributed by atoms with van der Waals surface area (Å²) >= 11 is 1.55. The lowest BCUT2D eigenvalue weighted by Gasteiger charge is -2.08. The highest BCUT2D eigenvalue weighted by atomic mass is 32.2. The van der Waals surface area contributed by atoms with Crippen LogP contribution < -0.4 is 5.32 Å². The Bertz CT molecular complexity index is 929. The number of aryl methyl sites for hydroxylation is 1. The minimum atomic E-state index is -0.0312. The molecule has 0 bridgehead atoms. The first kappa shape index (κ1) is 18.1. The number of aromatic nitrogens is 4. The zero-order valence-corrected chi connectivity index (χ0v) is 16.1. The predicted molar refractivity (Wildman–Crippen MR) is 106 cm³/mol. The van der Waals surface area contributed by atoms with Gasteiger partial charge in [0.15, 0.2) is 0 Å². The lowest BCUT2D eigenvalue weighted by Crippen LogP contribution is -2.15. The van der Waals surface area contributed by atoms with Crippen molar-refractivity contribution in [1.82, 2.24) is 19.2 Å². The molecule has 1 amide bonds. The van der Waals surface area contributed by atoms with E-state index in [1.165, 1.54) is 5.56 Å². The minimum Gasteiger partial charge on any atom is -0.376 e. The van der Waals surface area contributed by atoms with Crippen LogP contribution in [0.5, 0.6) is 0 Å². The van der Waals surface area contributed by atoms with Gasteiger partial charge in [-0.05, 0) is 31.4 Å². The van der Waals surface area contributed by atoms with Crippen LogP contribution in [0.1, 0.15) is 24.1 Å². The lowest BCUT2D eigenvalue weighted by molar-refractivity contribution is -0.113. The molecule has 1 atom stereocenters. The van der Waals surface area contributed by atoms with E-state index in [0.717, 1.165) is 43.0 Å². The molecule has 4 heterocycles. The maximum Gasteiger partial charge on any atom is 0.234 e.